The molecule has 2 aliphatic heterocycles. The van der Waals surface area contributed by atoms with Crippen molar-refractivity contribution in [1.82, 2.24) is 9.96 Å². The number of hydrogen-bond donors (Lipinski definition) is 2. The Morgan fingerprint density at radius 1 is 1.27 bits per heavy atom. The van der Waals surface area contributed by atoms with Crippen LogP contribution in [0.3, 0.4) is 0 Å². The quantitative estimate of drug-likeness (QED) is 0.738. The molecule has 2 saturated heterocycles. The van der Waals surface area contributed by atoms with Crippen LogP contribution in [0.25, 0.3) is 0 Å². The van der Waals surface area contributed by atoms with Crippen LogP contribution in [0.5, 0.6) is 0 Å². The van der Waals surface area contributed by atoms with Crippen LogP contribution in [0.15, 0.2) is 18.2 Å². The SMILES string of the molecule is NC(=O)N1OC[C@@H](c2ccc(N3CCN(C(=O)CO)CC3)c(F)c2)C1=O. The molecule has 0 unspecified atom stereocenters. The molecule has 140 valence electrons. The van der Waals surface area contributed by atoms with Crippen LogP contribution in [-0.2, 0) is 14.4 Å². The Morgan fingerprint density at radius 2 is 1.96 bits per heavy atom. The Hall–Kier alpha value is -2.72. The van der Waals surface area contributed by atoms with Crippen molar-refractivity contribution in [3.8, 4) is 0 Å². The third kappa shape index (κ3) is 3.33. The number of imide groups is 1. The van der Waals surface area contributed by atoms with Crippen molar-refractivity contribution in [2.75, 3.05) is 44.3 Å². The molecule has 0 spiro atoms. The number of rotatable bonds is 3. The van der Waals surface area contributed by atoms with E-state index in [1.54, 1.807) is 17.0 Å². The Morgan fingerprint density at radius 3 is 2.50 bits per heavy atom. The van der Waals surface area contributed by atoms with E-state index in [1.165, 1.54) is 11.0 Å². The number of nitrogens with zero attached hydrogens (tertiary/aromatic N) is 3. The average molecular weight is 366 g/mol. The molecule has 1 aromatic rings. The van der Waals surface area contributed by atoms with E-state index in [-0.39, 0.29) is 12.5 Å². The van der Waals surface area contributed by atoms with Gasteiger partial charge in [-0.1, -0.05) is 6.07 Å². The van der Waals surface area contributed by atoms with Crippen LogP contribution in [-0.4, -0.2) is 72.3 Å². The number of aliphatic hydroxyl groups excluding tert-OH is 1. The monoisotopic (exact) mass is 366 g/mol. The highest BCUT2D eigenvalue weighted by molar-refractivity contribution is 5.97. The predicted molar refractivity (Wildman–Crippen MR) is 87.4 cm³/mol. The molecule has 2 aliphatic rings. The normalized spacial score (nSPS) is 20.6. The van der Waals surface area contributed by atoms with Crippen LogP contribution in [0.2, 0.25) is 0 Å². The van der Waals surface area contributed by atoms with Gasteiger partial charge in [-0.25, -0.2) is 9.18 Å². The lowest BCUT2D eigenvalue weighted by atomic mass is 9.99. The minimum Gasteiger partial charge on any atom is -0.387 e. The molecular weight excluding hydrogens is 347 g/mol. The van der Waals surface area contributed by atoms with Gasteiger partial charge in [0.15, 0.2) is 0 Å². The summed E-state index contributed by atoms with van der Waals surface area (Å²) >= 11 is 0. The maximum atomic E-state index is 14.6. The van der Waals surface area contributed by atoms with Crippen molar-refractivity contribution in [3.63, 3.8) is 0 Å². The number of benzene rings is 1. The maximum Gasteiger partial charge on any atom is 0.346 e. The molecule has 1 aromatic carbocycles. The molecule has 3 N–H and O–H groups in total. The molecule has 26 heavy (non-hydrogen) atoms. The van der Waals surface area contributed by atoms with E-state index in [9.17, 15) is 18.8 Å². The Labute approximate surface area is 148 Å². The number of primary amides is 1. The minimum atomic E-state index is -1.01. The van der Waals surface area contributed by atoms with Gasteiger partial charge in [-0.15, -0.1) is 5.06 Å². The summed E-state index contributed by atoms with van der Waals surface area (Å²) in [5.41, 5.74) is 5.80. The first-order chi connectivity index (χ1) is 12.4. The first-order valence-electron chi connectivity index (χ1n) is 8.11. The van der Waals surface area contributed by atoms with Gasteiger partial charge in [0.25, 0.3) is 5.91 Å². The van der Waals surface area contributed by atoms with Gasteiger partial charge in [-0.2, -0.15) is 0 Å². The fraction of sp³-hybridized carbons (Fsp3) is 0.438. The van der Waals surface area contributed by atoms with Crippen molar-refractivity contribution in [2.24, 2.45) is 5.73 Å². The van der Waals surface area contributed by atoms with Gasteiger partial charge in [0.2, 0.25) is 5.91 Å². The molecule has 4 amide bonds. The van der Waals surface area contributed by atoms with Gasteiger partial charge >= 0.3 is 6.03 Å². The molecule has 9 nitrogen and oxygen atoms in total. The molecule has 0 saturated carbocycles. The van der Waals surface area contributed by atoms with Crippen LogP contribution in [0, 0.1) is 5.82 Å². The number of hydroxylamine groups is 2. The number of aliphatic hydroxyl groups is 1. The van der Waals surface area contributed by atoms with Gasteiger partial charge in [0.05, 0.1) is 18.2 Å². The highest BCUT2D eigenvalue weighted by atomic mass is 19.1. The first kappa shape index (κ1) is 18.1. The van der Waals surface area contributed by atoms with E-state index < -0.39 is 30.3 Å². The standard InChI is InChI=1S/C16H19FN4O5/c17-12-7-10(11-9-26-21(15(11)24)16(18)25)1-2-13(12)19-3-5-20(6-4-19)14(23)8-22/h1-2,7,11,22H,3-6,8-9H2,(H2,18,25)/t11-/m0/s1. The Bertz CT molecular complexity index is 735. The number of hydrogen-bond acceptors (Lipinski definition) is 6. The number of carbonyl (C=O) groups excluding carboxylic acids is 3. The fourth-order valence-corrected chi connectivity index (χ4v) is 3.13. The number of anilines is 1. The van der Waals surface area contributed by atoms with E-state index >= 15 is 0 Å². The minimum absolute atomic E-state index is 0.0808. The maximum absolute atomic E-state index is 14.6. The van der Waals surface area contributed by atoms with E-state index in [0.717, 1.165) is 0 Å². The molecule has 1 atom stereocenters. The van der Waals surface area contributed by atoms with E-state index in [2.05, 4.69) is 0 Å². The zero-order valence-electron chi connectivity index (χ0n) is 13.9. The third-order valence-electron chi connectivity index (χ3n) is 4.55. The zero-order chi connectivity index (χ0) is 18.8. The van der Waals surface area contributed by atoms with Gasteiger partial charge in [0.1, 0.15) is 12.4 Å². The molecule has 0 radical (unpaired) electrons. The van der Waals surface area contributed by atoms with E-state index in [4.69, 9.17) is 15.7 Å². The highest BCUT2D eigenvalue weighted by Gasteiger charge is 2.38. The molecular formula is C16H19FN4O5. The van der Waals surface area contributed by atoms with Gasteiger partial charge in [0, 0.05) is 26.2 Å². The molecule has 3 rings (SSSR count). The lowest BCUT2D eigenvalue weighted by molar-refractivity contribution is -0.146. The second-order valence-electron chi connectivity index (χ2n) is 6.06. The third-order valence-corrected chi connectivity index (χ3v) is 4.55. The second kappa shape index (κ2) is 7.26. The van der Waals surface area contributed by atoms with Crippen LogP contribution in [0.4, 0.5) is 14.9 Å². The second-order valence-corrected chi connectivity index (χ2v) is 6.06. The molecule has 0 aliphatic carbocycles. The van der Waals surface area contributed by atoms with Crippen molar-refractivity contribution in [3.05, 3.63) is 29.6 Å². The van der Waals surface area contributed by atoms with Crippen molar-refractivity contribution in [2.45, 2.75) is 5.92 Å². The van der Waals surface area contributed by atoms with Crippen molar-refractivity contribution < 1.29 is 28.7 Å². The van der Waals surface area contributed by atoms with Crippen LogP contribution >= 0.6 is 0 Å². The fourth-order valence-electron chi connectivity index (χ4n) is 3.13. The van der Waals surface area contributed by atoms with Gasteiger partial charge in [-0.05, 0) is 17.7 Å². The smallest absolute Gasteiger partial charge is 0.346 e. The average Bonchev–Trinajstić information content (AvgIpc) is 3.03. The summed E-state index contributed by atoms with van der Waals surface area (Å²) in [6.45, 7) is 1.03. The molecule has 0 aromatic heterocycles. The number of nitrogens with two attached hydrogens (primary N) is 1. The van der Waals surface area contributed by atoms with Crippen LogP contribution in [0.1, 0.15) is 11.5 Å². The van der Waals surface area contributed by atoms with Crippen LogP contribution < -0.4 is 10.6 Å². The molecule has 2 heterocycles. The first-order valence-corrected chi connectivity index (χ1v) is 8.11. The lowest BCUT2D eigenvalue weighted by Gasteiger charge is -2.36. The zero-order valence-corrected chi connectivity index (χ0v) is 13.9. The van der Waals surface area contributed by atoms with E-state index in [1.807, 2.05) is 0 Å². The Balaban J connectivity index is 1.70. The molecule has 2 fully saturated rings. The summed E-state index contributed by atoms with van der Waals surface area (Å²) in [6.07, 6.45) is 0. The molecule has 10 heteroatoms. The summed E-state index contributed by atoms with van der Waals surface area (Å²) in [4.78, 5) is 42.9. The molecule has 0 bridgehead atoms. The number of amides is 4. The summed E-state index contributed by atoms with van der Waals surface area (Å²) in [5.74, 6) is -2.26. The number of halogens is 1. The largest absolute Gasteiger partial charge is 0.387 e. The topological polar surface area (TPSA) is 116 Å². The van der Waals surface area contributed by atoms with Crippen molar-refractivity contribution in [1.29, 1.82) is 0 Å². The summed E-state index contributed by atoms with van der Waals surface area (Å²) in [5, 5.41) is 9.37. The summed E-state index contributed by atoms with van der Waals surface area (Å²) in [7, 11) is 0. The number of carbonyl (C=O) groups is 3. The highest BCUT2D eigenvalue weighted by Crippen LogP contribution is 2.29. The summed E-state index contributed by atoms with van der Waals surface area (Å²) < 4.78 is 14.6. The van der Waals surface area contributed by atoms with Crippen molar-refractivity contribution >= 4 is 23.5 Å². The number of urea groups is 1. The van der Waals surface area contributed by atoms with Gasteiger partial charge < -0.3 is 20.6 Å². The predicted octanol–water partition coefficient (Wildman–Crippen LogP) is -0.597. The number of piperazine rings is 1. The Kier molecular flexibility index (Phi) is 5.05. The van der Waals surface area contributed by atoms with Gasteiger partial charge in [-0.3, -0.25) is 14.4 Å². The lowest BCUT2D eigenvalue weighted by Crippen LogP contribution is -2.49. The summed E-state index contributed by atoms with van der Waals surface area (Å²) in [6, 6.07) is 3.41. The van der Waals surface area contributed by atoms with E-state index in [0.29, 0.717) is 42.5 Å².